The summed E-state index contributed by atoms with van der Waals surface area (Å²) in [6, 6.07) is 0.755. The van der Waals surface area contributed by atoms with Crippen molar-refractivity contribution in [3.8, 4) is 0 Å². The third-order valence-electron chi connectivity index (χ3n) is 5.38. The minimum Gasteiger partial charge on any atom is -0.396 e. The molecule has 0 aromatic carbocycles. The average molecular weight is 253 g/mol. The molecule has 0 aromatic heterocycles. The van der Waals surface area contributed by atoms with Gasteiger partial charge < -0.3 is 10.4 Å². The number of nitrogens with one attached hydrogen (secondary N) is 1. The summed E-state index contributed by atoms with van der Waals surface area (Å²) in [7, 11) is 0. The molecule has 2 nitrogen and oxygen atoms in total. The molecule has 18 heavy (non-hydrogen) atoms. The topological polar surface area (TPSA) is 32.3 Å². The maximum atomic E-state index is 9.47. The van der Waals surface area contributed by atoms with Gasteiger partial charge in [-0.3, -0.25) is 0 Å². The predicted molar refractivity (Wildman–Crippen MR) is 76.6 cm³/mol. The van der Waals surface area contributed by atoms with Crippen LogP contribution in [0.2, 0.25) is 0 Å². The number of aliphatic hydroxyl groups is 1. The second-order valence-electron chi connectivity index (χ2n) is 6.45. The van der Waals surface area contributed by atoms with Gasteiger partial charge in [-0.2, -0.15) is 0 Å². The van der Waals surface area contributed by atoms with Crippen LogP contribution in [0.25, 0.3) is 0 Å². The van der Waals surface area contributed by atoms with Gasteiger partial charge in [-0.1, -0.05) is 39.0 Å². The molecule has 2 aliphatic rings. The van der Waals surface area contributed by atoms with Crippen LogP contribution in [0.1, 0.15) is 64.7 Å². The minimum absolute atomic E-state index is 0.397. The van der Waals surface area contributed by atoms with Crippen molar-refractivity contribution in [2.75, 3.05) is 13.2 Å². The Labute approximate surface area is 113 Å². The fraction of sp³-hybridized carbons (Fsp3) is 1.00. The Bertz CT molecular complexity index is 207. The molecule has 2 fully saturated rings. The van der Waals surface area contributed by atoms with Crippen LogP contribution in [0.4, 0.5) is 0 Å². The molecule has 2 heteroatoms. The fourth-order valence-corrected chi connectivity index (χ4v) is 4.06. The summed E-state index contributed by atoms with van der Waals surface area (Å²) in [4.78, 5) is 0. The third-order valence-corrected chi connectivity index (χ3v) is 5.38. The van der Waals surface area contributed by atoms with Gasteiger partial charge in [0.05, 0.1) is 0 Å². The lowest BCUT2D eigenvalue weighted by atomic mass is 9.78. The lowest BCUT2D eigenvalue weighted by Crippen LogP contribution is -2.42. The molecule has 0 heterocycles. The molecule has 0 bridgehead atoms. The highest BCUT2D eigenvalue weighted by Gasteiger charge is 2.27. The van der Waals surface area contributed by atoms with Crippen molar-refractivity contribution in [3.05, 3.63) is 0 Å². The van der Waals surface area contributed by atoms with Crippen LogP contribution in [-0.2, 0) is 0 Å². The molecule has 2 N–H and O–H groups in total. The Morgan fingerprint density at radius 1 is 0.889 bits per heavy atom. The normalized spacial score (nSPS) is 37.7. The SMILES string of the molecule is CCC1CCCCC1NCC1CCCCC1CO. The Kier molecular flexibility index (Phi) is 5.97. The standard InChI is InChI=1S/C16H31NO/c1-2-13-7-5-6-10-16(13)17-11-14-8-3-4-9-15(14)12-18/h13-18H,2-12H2,1H3. The summed E-state index contributed by atoms with van der Waals surface area (Å²) in [6.07, 6.45) is 12.2. The van der Waals surface area contributed by atoms with Gasteiger partial charge in [0.1, 0.15) is 0 Å². The number of rotatable bonds is 5. The number of hydrogen-bond donors (Lipinski definition) is 2. The molecule has 0 saturated heterocycles. The molecule has 2 aliphatic carbocycles. The van der Waals surface area contributed by atoms with Gasteiger partial charge in [-0.25, -0.2) is 0 Å². The second kappa shape index (κ2) is 7.49. The molecule has 0 aromatic rings. The van der Waals surface area contributed by atoms with Crippen LogP contribution in [0.5, 0.6) is 0 Å². The first-order valence-corrected chi connectivity index (χ1v) is 8.19. The van der Waals surface area contributed by atoms with Crippen molar-refractivity contribution in [2.24, 2.45) is 17.8 Å². The lowest BCUT2D eigenvalue weighted by molar-refractivity contribution is 0.125. The van der Waals surface area contributed by atoms with E-state index in [4.69, 9.17) is 0 Å². The molecule has 0 spiro atoms. The molecule has 0 aliphatic heterocycles. The van der Waals surface area contributed by atoms with Crippen LogP contribution in [0.15, 0.2) is 0 Å². The van der Waals surface area contributed by atoms with Gasteiger partial charge in [0.15, 0.2) is 0 Å². The first-order chi connectivity index (χ1) is 8.85. The van der Waals surface area contributed by atoms with E-state index in [9.17, 15) is 5.11 Å². The van der Waals surface area contributed by atoms with Crippen LogP contribution in [0.3, 0.4) is 0 Å². The minimum atomic E-state index is 0.397. The van der Waals surface area contributed by atoms with Gasteiger partial charge in [0, 0.05) is 12.6 Å². The van der Waals surface area contributed by atoms with Gasteiger partial charge in [0.2, 0.25) is 0 Å². The Hall–Kier alpha value is -0.0800. The molecule has 0 radical (unpaired) electrons. The molecular weight excluding hydrogens is 222 g/mol. The highest BCUT2D eigenvalue weighted by atomic mass is 16.3. The Morgan fingerprint density at radius 2 is 1.50 bits per heavy atom. The molecule has 4 unspecified atom stereocenters. The van der Waals surface area contributed by atoms with Crippen molar-refractivity contribution < 1.29 is 5.11 Å². The summed E-state index contributed by atoms with van der Waals surface area (Å²) in [5, 5.41) is 13.3. The van der Waals surface area contributed by atoms with Gasteiger partial charge >= 0.3 is 0 Å². The van der Waals surface area contributed by atoms with Crippen LogP contribution in [0, 0.1) is 17.8 Å². The molecule has 4 atom stereocenters. The van der Waals surface area contributed by atoms with Gasteiger partial charge in [-0.05, 0) is 50.0 Å². The largest absolute Gasteiger partial charge is 0.396 e. The summed E-state index contributed by atoms with van der Waals surface area (Å²) >= 11 is 0. The predicted octanol–water partition coefficient (Wildman–Crippen LogP) is 3.34. The third kappa shape index (κ3) is 3.71. The maximum absolute atomic E-state index is 9.47. The first kappa shape index (κ1) is 14.3. The average Bonchev–Trinajstić information content (AvgIpc) is 2.45. The molecule has 106 valence electrons. The molecule has 0 amide bonds. The van der Waals surface area contributed by atoms with Crippen LogP contribution < -0.4 is 5.32 Å². The van der Waals surface area contributed by atoms with E-state index in [1.807, 2.05) is 0 Å². The Balaban J connectivity index is 1.78. The summed E-state index contributed by atoms with van der Waals surface area (Å²) < 4.78 is 0. The Morgan fingerprint density at radius 3 is 2.17 bits per heavy atom. The molecule has 2 rings (SSSR count). The van der Waals surface area contributed by atoms with Gasteiger partial charge in [0.25, 0.3) is 0 Å². The second-order valence-corrected chi connectivity index (χ2v) is 6.45. The van der Waals surface area contributed by atoms with E-state index in [0.29, 0.717) is 12.5 Å². The summed E-state index contributed by atoms with van der Waals surface area (Å²) in [5.41, 5.74) is 0. The van der Waals surface area contributed by atoms with Crippen molar-refractivity contribution in [2.45, 2.75) is 70.8 Å². The zero-order chi connectivity index (χ0) is 12.8. The van der Waals surface area contributed by atoms with E-state index in [2.05, 4.69) is 12.2 Å². The van der Waals surface area contributed by atoms with E-state index in [1.165, 1.54) is 57.8 Å². The van der Waals surface area contributed by atoms with E-state index in [0.717, 1.165) is 24.4 Å². The highest BCUT2D eigenvalue weighted by molar-refractivity contribution is 4.83. The van der Waals surface area contributed by atoms with E-state index in [1.54, 1.807) is 0 Å². The maximum Gasteiger partial charge on any atom is 0.0462 e. The highest BCUT2D eigenvalue weighted by Crippen LogP contribution is 2.31. The smallest absolute Gasteiger partial charge is 0.0462 e. The van der Waals surface area contributed by atoms with Crippen molar-refractivity contribution in [1.29, 1.82) is 0 Å². The fourth-order valence-electron chi connectivity index (χ4n) is 4.06. The van der Waals surface area contributed by atoms with Crippen LogP contribution >= 0.6 is 0 Å². The quantitative estimate of drug-likeness (QED) is 0.787. The summed E-state index contributed by atoms with van der Waals surface area (Å²) in [5.74, 6) is 2.19. The van der Waals surface area contributed by atoms with Crippen molar-refractivity contribution >= 4 is 0 Å². The number of aliphatic hydroxyl groups excluding tert-OH is 1. The van der Waals surface area contributed by atoms with Crippen LogP contribution in [-0.4, -0.2) is 24.3 Å². The zero-order valence-electron chi connectivity index (χ0n) is 12.0. The monoisotopic (exact) mass is 253 g/mol. The lowest BCUT2D eigenvalue weighted by Gasteiger charge is -2.36. The van der Waals surface area contributed by atoms with Crippen molar-refractivity contribution in [3.63, 3.8) is 0 Å². The molecule has 2 saturated carbocycles. The summed E-state index contributed by atoms with van der Waals surface area (Å²) in [6.45, 7) is 3.88. The van der Waals surface area contributed by atoms with Gasteiger partial charge in [-0.15, -0.1) is 0 Å². The molecular formula is C16H31NO. The van der Waals surface area contributed by atoms with E-state index in [-0.39, 0.29) is 0 Å². The van der Waals surface area contributed by atoms with E-state index < -0.39 is 0 Å². The first-order valence-electron chi connectivity index (χ1n) is 8.19. The van der Waals surface area contributed by atoms with E-state index >= 15 is 0 Å². The number of hydrogen-bond acceptors (Lipinski definition) is 2. The van der Waals surface area contributed by atoms with Crippen molar-refractivity contribution in [1.82, 2.24) is 5.32 Å². The zero-order valence-corrected chi connectivity index (χ0v) is 12.0.